The third kappa shape index (κ3) is 2.24. The summed E-state index contributed by atoms with van der Waals surface area (Å²) in [5.41, 5.74) is 0.850. The van der Waals surface area contributed by atoms with E-state index in [0.29, 0.717) is 18.1 Å². The van der Waals surface area contributed by atoms with Crippen molar-refractivity contribution < 1.29 is 9.53 Å². The zero-order valence-corrected chi connectivity index (χ0v) is 12.4. The Morgan fingerprint density at radius 1 is 1.38 bits per heavy atom. The molecule has 0 unspecified atom stereocenters. The second kappa shape index (κ2) is 5.35. The van der Waals surface area contributed by atoms with Crippen molar-refractivity contribution in [3.05, 3.63) is 18.0 Å². The molecule has 2 heterocycles. The first kappa shape index (κ1) is 13.9. The molecule has 2 N–H and O–H groups in total. The van der Waals surface area contributed by atoms with Gasteiger partial charge < -0.3 is 15.0 Å². The average molecular weight is 288 g/mol. The van der Waals surface area contributed by atoms with Gasteiger partial charge in [-0.1, -0.05) is 12.8 Å². The van der Waals surface area contributed by atoms with Crippen LogP contribution < -0.4 is 5.32 Å². The van der Waals surface area contributed by atoms with Gasteiger partial charge in [-0.25, -0.2) is 9.97 Å². The summed E-state index contributed by atoms with van der Waals surface area (Å²) in [7, 11) is 1.82. The number of nitrogens with one attached hydrogen (secondary N) is 2. The van der Waals surface area contributed by atoms with E-state index in [1.165, 1.54) is 0 Å². The Kier molecular flexibility index (Phi) is 3.53. The van der Waals surface area contributed by atoms with Gasteiger partial charge in [0.05, 0.1) is 12.1 Å². The highest BCUT2D eigenvalue weighted by Crippen LogP contribution is 2.41. The summed E-state index contributed by atoms with van der Waals surface area (Å²) in [5, 5.41) is 2.99. The summed E-state index contributed by atoms with van der Waals surface area (Å²) in [6.07, 6.45) is 3.60. The number of aromatic nitrogens is 3. The molecule has 2 aromatic rings. The molecular weight excluding hydrogens is 268 g/mol. The first-order valence-electron chi connectivity index (χ1n) is 7.42. The number of esters is 1. The summed E-state index contributed by atoms with van der Waals surface area (Å²) in [6, 6.07) is 3.81. The lowest BCUT2D eigenvalue weighted by Gasteiger charge is -2.23. The van der Waals surface area contributed by atoms with Crippen LogP contribution in [0.5, 0.6) is 0 Å². The highest BCUT2D eigenvalue weighted by molar-refractivity contribution is 5.84. The number of carbonyl (C=O) groups is 1. The molecule has 1 saturated carbocycles. The normalized spacial score (nSPS) is 17.0. The number of ether oxygens (including phenoxy) is 1. The zero-order valence-electron chi connectivity index (χ0n) is 12.4. The minimum atomic E-state index is -0.628. The van der Waals surface area contributed by atoms with Crippen LogP contribution in [0.2, 0.25) is 0 Å². The number of hydrogen-bond acceptors (Lipinski definition) is 5. The minimum Gasteiger partial charge on any atom is -0.465 e. The molecule has 0 aliphatic heterocycles. The Labute approximate surface area is 123 Å². The molecule has 3 rings (SSSR count). The minimum absolute atomic E-state index is 0.171. The Balaban J connectivity index is 2.05. The fourth-order valence-electron chi connectivity index (χ4n) is 3.04. The molecule has 1 aliphatic carbocycles. The van der Waals surface area contributed by atoms with Crippen molar-refractivity contribution in [3.8, 4) is 0 Å². The molecule has 0 spiro atoms. The number of nitrogens with zero attached hydrogens (tertiary/aromatic N) is 2. The molecule has 21 heavy (non-hydrogen) atoms. The lowest BCUT2D eigenvalue weighted by molar-refractivity contribution is -0.150. The molecule has 1 aliphatic rings. The van der Waals surface area contributed by atoms with Gasteiger partial charge in [0, 0.05) is 7.05 Å². The van der Waals surface area contributed by atoms with Gasteiger partial charge in [-0.05, 0) is 31.9 Å². The number of anilines is 1. The summed E-state index contributed by atoms with van der Waals surface area (Å²) in [6.45, 7) is 2.23. The number of pyridine rings is 1. The maximum absolute atomic E-state index is 12.5. The molecule has 2 aromatic heterocycles. The first-order valence-corrected chi connectivity index (χ1v) is 7.42. The van der Waals surface area contributed by atoms with Crippen molar-refractivity contribution >= 4 is 23.0 Å². The van der Waals surface area contributed by atoms with Gasteiger partial charge in [0.2, 0.25) is 0 Å². The van der Waals surface area contributed by atoms with E-state index in [4.69, 9.17) is 4.74 Å². The van der Waals surface area contributed by atoms with Crippen LogP contribution in [-0.4, -0.2) is 34.6 Å². The van der Waals surface area contributed by atoms with Crippen molar-refractivity contribution in [2.45, 2.75) is 38.0 Å². The highest BCUT2D eigenvalue weighted by atomic mass is 16.5. The van der Waals surface area contributed by atoms with E-state index in [9.17, 15) is 4.79 Å². The number of hydrogen-bond donors (Lipinski definition) is 2. The Morgan fingerprint density at radius 2 is 2.14 bits per heavy atom. The summed E-state index contributed by atoms with van der Waals surface area (Å²) in [4.78, 5) is 24.7. The number of H-pyrrole nitrogens is 1. The molecular formula is C15H20N4O2. The van der Waals surface area contributed by atoms with E-state index in [-0.39, 0.29) is 5.97 Å². The van der Waals surface area contributed by atoms with Crippen molar-refractivity contribution in [1.29, 1.82) is 0 Å². The summed E-state index contributed by atoms with van der Waals surface area (Å²) < 4.78 is 5.29. The van der Waals surface area contributed by atoms with Crippen LogP contribution in [0.1, 0.15) is 38.4 Å². The van der Waals surface area contributed by atoms with Gasteiger partial charge in [-0.2, -0.15) is 0 Å². The SMILES string of the molecule is CCOC(=O)C1(c2nc3nc(NC)ccc3[nH]2)CCCC1. The van der Waals surface area contributed by atoms with Gasteiger partial charge in [-0.3, -0.25) is 4.79 Å². The van der Waals surface area contributed by atoms with Crippen molar-refractivity contribution in [2.24, 2.45) is 0 Å². The van der Waals surface area contributed by atoms with E-state index in [2.05, 4.69) is 20.3 Å². The number of imidazole rings is 1. The molecule has 112 valence electrons. The second-order valence-electron chi connectivity index (χ2n) is 5.41. The smallest absolute Gasteiger partial charge is 0.319 e. The van der Waals surface area contributed by atoms with Crippen LogP contribution in [0, 0.1) is 0 Å². The molecule has 0 amide bonds. The van der Waals surface area contributed by atoms with Gasteiger partial charge in [-0.15, -0.1) is 0 Å². The largest absolute Gasteiger partial charge is 0.465 e. The van der Waals surface area contributed by atoms with E-state index < -0.39 is 5.41 Å². The van der Waals surface area contributed by atoms with Gasteiger partial charge in [0.25, 0.3) is 0 Å². The van der Waals surface area contributed by atoms with Crippen LogP contribution in [0.3, 0.4) is 0 Å². The third-order valence-electron chi connectivity index (χ3n) is 4.18. The van der Waals surface area contributed by atoms with E-state index in [1.807, 2.05) is 26.1 Å². The van der Waals surface area contributed by atoms with Crippen molar-refractivity contribution in [1.82, 2.24) is 15.0 Å². The Bertz CT molecular complexity index is 659. The monoisotopic (exact) mass is 288 g/mol. The van der Waals surface area contributed by atoms with E-state index in [0.717, 1.165) is 37.0 Å². The van der Waals surface area contributed by atoms with E-state index >= 15 is 0 Å². The van der Waals surface area contributed by atoms with Crippen molar-refractivity contribution in [2.75, 3.05) is 19.0 Å². The molecule has 0 radical (unpaired) electrons. The zero-order chi connectivity index (χ0) is 14.9. The topological polar surface area (TPSA) is 79.9 Å². The summed E-state index contributed by atoms with van der Waals surface area (Å²) in [5.74, 6) is 1.28. The number of fused-ring (bicyclic) bond motifs is 1. The van der Waals surface area contributed by atoms with Gasteiger partial charge in [0.15, 0.2) is 5.65 Å². The molecule has 6 heteroatoms. The second-order valence-corrected chi connectivity index (χ2v) is 5.41. The lowest BCUT2D eigenvalue weighted by atomic mass is 9.85. The predicted octanol–water partition coefficient (Wildman–Crippen LogP) is 2.37. The highest BCUT2D eigenvalue weighted by Gasteiger charge is 2.46. The van der Waals surface area contributed by atoms with Crippen LogP contribution in [-0.2, 0) is 14.9 Å². The fourth-order valence-corrected chi connectivity index (χ4v) is 3.04. The Hall–Kier alpha value is -2.11. The molecule has 0 saturated heterocycles. The maximum Gasteiger partial charge on any atom is 0.319 e. The first-order chi connectivity index (χ1) is 10.2. The number of rotatable bonds is 4. The predicted molar refractivity (Wildman–Crippen MR) is 80.2 cm³/mol. The van der Waals surface area contributed by atoms with Gasteiger partial charge >= 0.3 is 5.97 Å². The van der Waals surface area contributed by atoms with Crippen LogP contribution in [0.25, 0.3) is 11.2 Å². The van der Waals surface area contributed by atoms with Crippen LogP contribution in [0.15, 0.2) is 12.1 Å². The van der Waals surface area contributed by atoms with Crippen LogP contribution in [0.4, 0.5) is 5.82 Å². The average Bonchev–Trinajstić information content (AvgIpc) is 3.14. The number of aromatic amines is 1. The molecule has 6 nitrogen and oxygen atoms in total. The Morgan fingerprint density at radius 3 is 2.81 bits per heavy atom. The quantitative estimate of drug-likeness (QED) is 0.844. The standard InChI is InChI=1S/C15H20N4O2/c1-3-21-14(20)15(8-4-5-9-15)13-17-10-6-7-11(16-2)18-12(10)19-13/h6-7H,3-5,8-9H2,1-2H3,(H2,16,17,18,19). The third-order valence-corrected chi connectivity index (χ3v) is 4.18. The van der Waals surface area contributed by atoms with Gasteiger partial charge in [0.1, 0.15) is 17.1 Å². The fraction of sp³-hybridized carbons (Fsp3) is 0.533. The maximum atomic E-state index is 12.5. The van der Waals surface area contributed by atoms with Crippen LogP contribution >= 0.6 is 0 Å². The lowest BCUT2D eigenvalue weighted by Crippen LogP contribution is -2.35. The molecule has 0 bridgehead atoms. The van der Waals surface area contributed by atoms with E-state index in [1.54, 1.807) is 0 Å². The molecule has 1 fully saturated rings. The summed E-state index contributed by atoms with van der Waals surface area (Å²) >= 11 is 0. The number of carbonyl (C=O) groups excluding carboxylic acids is 1. The molecule has 0 aromatic carbocycles. The molecule has 0 atom stereocenters. The van der Waals surface area contributed by atoms with Crippen molar-refractivity contribution in [3.63, 3.8) is 0 Å².